The molecule has 0 saturated heterocycles. The maximum atomic E-state index is 11.6. The van der Waals surface area contributed by atoms with Gasteiger partial charge < -0.3 is 14.7 Å². The van der Waals surface area contributed by atoms with E-state index in [4.69, 9.17) is 21.4 Å². The van der Waals surface area contributed by atoms with Gasteiger partial charge in [-0.25, -0.2) is 0 Å². The molecule has 1 rings (SSSR count). The molecule has 5 heteroatoms. The smallest absolute Gasteiger partial charge is 0.229 e. The highest BCUT2D eigenvalue weighted by Gasteiger charge is 2.14. The summed E-state index contributed by atoms with van der Waals surface area (Å²) in [6.07, 6.45) is 0.0756. The van der Waals surface area contributed by atoms with Crippen LogP contribution in [0.5, 0.6) is 5.75 Å². The van der Waals surface area contributed by atoms with Gasteiger partial charge in [0.25, 0.3) is 0 Å². The third-order valence-electron chi connectivity index (χ3n) is 2.20. The number of rotatable bonds is 4. The van der Waals surface area contributed by atoms with Crippen LogP contribution in [0, 0.1) is 0 Å². The lowest BCUT2D eigenvalue weighted by Crippen LogP contribution is -2.27. The topological polar surface area (TPSA) is 49.8 Å². The van der Waals surface area contributed by atoms with Crippen molar-refractivity contribution >= 4 is 23.2 Å². The van der Waals surface area contributed by atoms with Gasteiger partial charge >= 0.3 is 0 Å². The van der Waals surface area contributed by atoms with Crippen LogP contribution < -0.4 is 9.64 Å². The number of halogens is 1. The highest BCUT2D eigenvalue weighted by molar-refractivity contribution is 6.31. The van der Waals surface area contributed by atoms with Crippen molar-refractivity contribution in [3.05, 3.63) is 23.2 Å². The molecule has 16 heavy (non-hydrogen) atoms. The molecule has 0 fully saturated rings. The second-order valence-corrected chi connectivity index (χ2v) is 3.68. The van der Waals surface area contributed by atoms with E-state index in [0.29, 0.717) is 16.5 Å². The normalized spacial score (nSPS) is 10.0. The summed E-state index contributed by atoms with van der Waals surface area (Å²) in [6, 6.07) is 5.03. The Morgan fingerprint density at radius 2 is 2.25 bits per heavy atom. The van der Waals surface area contributed by atoms with Crippen LogP contribution in [-0.2, 0) is 4.79 Å². The Kier molecular flexibility index (Phi) is 4.58. The molecule has 0 spiro atoms. The molecule has 0 radical (unpaired) electrons. The SMILES string of the molecule is COc1ccc(Cl)cc1N(C)C(=O)CCO. The molecule has 0 saturated carbocycles. The molecule has 0 bridgehead atoms. The first-order chi connectivity index (χ1) is 7.60. The summed E-state index contributed by atoms with van der Waals surface area (Å²) in [7, 11) is 3.14. The van der Waals surface area contributed by atoms with Gasteiger partial charge in [-0.1, -0.05) is 11.6 Å². The Morgan fingerprint density at radius 3 is 2.81 bits per heavy atom. The number of benzene rings is 1. The fourth-order valence-electron chi connectivity index (χ4n) is 1.32. The molecular formula is C11H14ClNO3. The highest BCUT2D eigenvalue weighted by atomic mass is 35.5. The summed E-state index contributed by atoms with van der Waals surface area (Å²) < 4.78 is 5.13. The maximum absolute atomic E-state index is 11.6. The Morgan fingerprint density at radius 1 is 1.56 bits per heavy atom. The summed E-state index contributed by atoms with van der Waals surface area (Å²) in [5, 5.41) is 9.24. The number of methoxy groups -OCH3 is 1. The average molecular weight is 244 g/mol. The standard InChI is InChI=1S/C11H14ClNO3/c1-13(11(15)5-6-14)9-7-8(12)3-4-10(9)16-2/h3-4,7,14H,5-6H2,1-2H3. The van der Waals surface area contributed by atoms with Gasteiger partial charge in [-0.2, -0.15) is 0 Å². The number of hydrogen-bond acceptors (Lipinski definition) is 3. The van der Waals surface area contributed by atoms with Crippen LogP contribution in [0.3, 0.4) is 0 Å². The van der Waals surface area contributed by atoms with E-state index in [1.165, 1.54) is 12.0 Å². The number of ether oxygens (including phenoxy) is 1. The van der Waals surface area contributed by atoms with Crippen molar-refractivity contribution in [1.29, 1.82) is 0 Å². The average Bonchev–Trinajstić information content (AvgIpc) is 2.28. The molecule has 0 aromatic heterocycles. The molecule has 0 aliphatic heterocycles. The molecule has 1 aromatic carbocycles. The Labute approximate surface area is 99.4 Å². The fourth-order valence-corrected chi connectivity index (χ4v) is 1.49. The number of hydrogen-bond donors (Lipinski definition) is 1. The lowest BCUT2D eigenvalue weighted by atomic mass is 10.2. The predicted molar refractivity (Wildman–Crippen MR) is 63.1 cm³/mol. The van der Waals surface area contributed by atoms with E-state index in [1.807, 2.05) is 0 Å². The van der Waals surface area contributed by atoms with Crippen LogP contribution in [0.25, 0.3) is 0 Å². The fraction of sp³-hybridized carbons (Fsp3) is 0.364. The van der Waals surface area contributed by atoms with Gasteiger partial charge in [0, 0.05) is 12.1 Å². The Hall–Kier alpha value is -1.26. The van der Waals surface area contributed by atoms with Crippen molar-refractivity contribution in [3.8, 4) is 5.75 Å². The van der Waals surface area contributed by atoms with Crippen LogP contribution in [0.2, 0.25) is 5.02 Å². The maximum Gasteiger partial charge on any atom is 0.229 e. The molecule has 0 heterocycles. The van der Waals surface area contributed by atoms with Crippen LogP contribution in [0.15, 0.2) is 18.2 Å². The van der Waals surface area contributed by atoms with E-state index in [1.54, 1.807) is 25.2 Å². The largest absolute Gasteiger partial charge is 0.495 e. The van der Waals surface area contributed by atoms with Gasteiger partial charge in [0.15, 0.2) is 0 Å². The number of aliphatic hydroxyl groups is 1. The Bertz CT molecular complexity index is 381. The van der Waals surface area contributed by atoms with E-state index < -0.39 is 0 Å². The van der Waals surface area contributed by atoms with Gasteiger partial charge in [0.05, 0.1) is 25.8 Å². The number of aliphatic hydroxyl groups excluding tert-OH is 1. The zero-order chi connectivity index (χ0) is 12.1. The van der Waals surface area contributed by atoms with Crippen molar-refractivity contribution in [2.75, 3.05) is 25.7 Å². The second-order valence-electron chi connectivity index (χ2n) is 3.24. The molecule has 1 amide bonds. The van der Waals surface area contributed by atoms with Gasteiger partial charge in [-0.3, -0.25) is 4.79 Å². The van der Waals surface area contributed by atoms with E-state index in [-0.39, 0.29) is 18.9 Å². The van der Waals surface area contributed by atoms with Crippen molar-refractivity contribution < 1.29 is 14.6 Å². The molecule has 1 aromatic rings. The van der Waals surface area contributed by atoms with Crippen LogP contribution in [0.1, 0.15) is 6.42 Å². The van der Waals surface area contributed by atoms with E-state index in [0.717, 1.165) is 0 Å². The van der Waals surface area contributed by atoms with Gasteiger partial charge in [-0.05, 0) is 18.2 Å². The first kappa shape index (κ1) is 12.8. The van der Waals surface area contributed by atoms with Crippen LogP contribution in [-0.4, -0.2) is 31.8 Å². The second kappa shape index (κ2) is 5.72. The lowest BCUT2D eigenvalue weighted by molar-refractivity contribution is -0.118. The van der Waals surface area contributed by atoms with Crippen molar-refractivity contribution in [2.45, 2.75) is 6.42 Å². The lowest BCUT2D eigenvalue weighted by Gasteiger charge is -2.19. The minimum absolute atomic E-state index is 0.0756. The summed E-state index contributed by atoms with van der Waals surface area (Å²) in [5.74, 6) is 0.376. The minimum atomic E-state index is -0.192. The number of anilines is 1. The number of amides is 1. The number of nitrogens with zero attached hydrogens (tertiary/aromatic N) is 1. The predicted octanol–water partition coefficient (Wildman–Crippen LogP) is 1.69. The van der Waals surface area contributed by atoms with Crippen LogP contribution in [0.4, 0.5) is 5.69 Å². The monoisotopic (exact) mass is 243 g/mol. The first-order valence-electron chi connectivity index (χ1n) is 4.81. The highest BCUT2D eigenvalue weighted by Crippen LogP contribution is 2.30. The first-order valence-corrected chi connectivity index (χ1v) is 5.19. The molecule has 88 valence electrons. The number of carbonyl (C=O) groups excluding carboxylic acids is 1. The summed E-state index contributed by atoms with van der Waals surface area (Å²) in [5.41, 5.74) is 0.591. The van der Waals surface area contributed by atoms with Crippen molar-refractivity contribution in [1.82, 2.24) is 0 Å². The molecular weight excluding hydrogens is 230 g/mol. The molecule has 0 atom stereocenters. The third kappa shape index (κ3) is 2.87. The minimum Gasteiger partial charge on any atom is -0.495 e. The third-order valence-corrected chi connectivity index (χ3v) is 2.44. The van der Waals surface area contributed by atoms with Crippen molar-refractivity contribution in [3.63, 3.8) is 0 Å². The molecule has 4 nitrogen and oxygen atoms in total. The van der Waals surface area contributed by atoms with Crippen LogP contribution >= 0.6 is 11.6 Å². The Balaban J connectivity index is 3.01. The van der Waals surface area contributed by atoms with Gasteiger partial charge in [0.1, 0.15) is 5.75 Å². The molecule has 1 N–H and O–H groups in total. The molecule has 0 unspecified atom stereocenters. The quantitative estimate of drug-likeness (QED) is 0.876. The van der Waals surface area contributed by atoms with E-state index in [2.05, 4.69) is 0 Å². The molecule has 0 aliphatic carbocycles. The van der Waals surface area contributed by atoms with Crippen molar-refractivity contribution in [2.24, 2.45) is 0 Å². The van der Waals surface area contributed by atoms with E-state index >= 15 is 0 Å². The summed E-state index contributed by atoms with van der Waals surface area (Å²) in [4.78, 5) is 13.0. The summed E-state index contributed by atoms with van der Waals surface area (Å²) >= 11 is 5.86. The van der Waals surface area contributed by atoms with Gasteiger partial charge in [0.2, 0.25) is 5.91 Å². The molecule has 0 aliphatic rings. The summed E-state index contributed by atoms with van der Waals surface area (Å²) in [6.45, 7) is -0.175. The zero-order valence-electron chi connectivity index (χ0n) is 9.24. The van der Waals surface area contributed by atoms with E-state index in [9.17, 15) is 4.79 Å². The zero-order valence-corrected chi connectivity index (χ0v) is 9.99. The van der Waals surface area contributed by atoms with Gasteiger partial charge in [-0.15, -0.1) is 0 Å². The number of carbonyl (C=O) groups is 1.